The van der Waals surface area contributed by atoms with Crippen LogP contribution in [0.25, 0.3) is 0 Å². The highest BCUT2D eigenvalue weighted by molar-refractivity contribution is 7.52. The van der Waals surface area contributed by atoms with Crippen molar-refractivity contribution in [3.63, 3.8) is 0 Å². The number of carbonyl (C=O) groups is 2. The van der Waals surface area contributed by atoms with Gasteiger partial charge in [0.25, 0.3) is 0 Å². The van der Waals surface area contributed by atoms with Crippen LogP contribution in [0, 0.1) is 0 Å². The minimum atomic E-state index is -4.46. The first-order chi connectivity index (χ1) is 10.4. The second kappa shape index (κ2) is 10.1. The fourth-order valence-corrected chi connectivity index (χ4v) is 3.38. The van der Waals surface area contributed by atoms with Crippen molar-refractivity contribution in [1.82, 2.24) is 15.5 Å². The van der Waals surface area contributed by atoms with Crippen molar-refractivity contribution in [1.29, 1.82) is 0 Å². The Morgan fingerprint density at radius 3 is 1.87 bits per heavy atom. The highest BCUT2D eigenvalue weighted by Crippen LogP contribution is 2.40. The smallest absolute Gasteiger partial charge is 0.339 e. The van der Waals surface area contributed by atoms with Gasteiger partial charge in [-0.2, -0.15) is 0 Å². The molecule has 2 amide bonds. The molecule has 0 saturated heterocycles. The van der Waals surface area contributed by atoms with Crippen molar-refractivity contribution in [3.8, 4) is 0 Å². The molecule has 0 rings (SSSR count). The summed E-state index contributed by atoms with van der Waals surface area (Å²) >= 11 is 0. The van der Waals surface area contributed by atoms with Gasteiger partial charge in [-0.1, -0.05) is 0 Å². The van der Waals surface area contributed by atoms with Gasteiger partial charge >= 0.3 is 15.2 Å². The van der Waals surface area contributed by atoms with Crippen LogP contribution >= 0.6 is 15.2 Å². The molecule has 0 aromatic heterocycles. The molecular weight excluding hydrogens is 352 g/mol. The Labute approximate surface area is 133 Å². The number of hydrogen-bond acceptors (Lipinski definition) is 5. The quantitative estimate of drug-likeness (QED) is 0.187. The van der Waals surface area contributed by atoms with Gasteiger partial charge < -0.3 is 30.2 Å². The lowest BCUT2D eigenvalue weighted by Crippen LogP contribution is -2.34. The van der Waals surface area contributed by atoms with E-state index in [1.165, 1.54) is 6.92 Å². The second-order valence-electron chi connectivity index (χ2n) is 4.94. The number of carbonyl (C=O) groups excluding carboxylic acids is 2. The summed E-state index contributed by atoms with van der Waals surface area (Å²) in [6.07, 6.45) is -1.38. The van der Waals surface area contributed by atoms with Crippen LogP contribution in [0.2, 0.25) is 0 Å². The standard InChI is InChI=1S/C10H23N3O8P2/c1-9(14)11-4-5-12-10(15)3-2-6-13(7-22(16,17)18)8-23(19,20)21/h2-8H2,1H3,(H,11,14)(H,12,15)(H2,16,17,18)(H2,19,20,21). The lowest BCUT2D eigenvalue weighted by Gasteiger charge is -2.22. The minimum Gasteiger partial charge on any atom is -0.355 e. The molecule has 0 radical (unpaired) electrons. The van der Waals surface area contributed by atoms with Gasteiger partial charge in [0, 0.05) is 26.4 Å². The first-order valence-electron chi connectivity index (χ1n) is 6.72. The van der Waals surface area contributed by atoms with Gasteiger partial charge in [0.2, 0.25) is 11.8 Å². The Hall–Kier alpha value is -0.800. The molecule has 0 fully saturated rings. The summed E-state index contributed by atoms with van der Waals surface area (Å²) in [6, 6.07) is 0. The average Bonchev–Trinajstić information content (AvgIpc) is 2.30. The van der Waals surface area contributed by atoms with Crippen molar-refractivity contribution < 1.29 is 38.3 Å². The number of nitrogens with zero attached hydrogens (tertiary/aromatic N) is 1. The highest BCUT2D eigenvalue weighted by Gasteiger charge is 2.25. The van der Waals surface area contributed by atoms with E-state index in [4.69, 9.17) is 19.6 Å². The largest absolute Gasteiger partial charge is 0.355 e. The van der Waals surface area contributed by atoms with Crippen LogP contribution in [0.1, 0.15) is 19.8 Å². The molecule has 0 saturated carbocycles. The van der Waals surface area contributed by atoms with Crippen LogP contribution in [0.3, 0.4) is 0 Å². The Morgan fingerprint density at radius 1 is 0.957 bits per heavy atom. The third kappa shape index (κ3) is 15.9. The first-order valence-corrected chi connectivity index (χ1v) is 10.3. The maximum absolute atomic E-state index is 11.5. The topological polar surface area (TPSA) is 176 Å². The lowest BCUT2D eigenvalue weighted by atomic mass is 10.3. The third-order valence-electron chi connectivity index (χ3n) is 2.47. The zero-order valence-corrected chi connectivity index (χ0v) is 14.5. The molecule has 0 atom stereocenters. The normalized spacial score (nSPS) is 12.3. The van der Waals surface area contributed by atoms with E-state index >= 15 is 0 Å². The van der Waals surface area contributed by atoms with E-state index in [9.17, 15) is 18.7 Å². The molecule has 0 heterocycles. The Kier molecular flexibility index (Phi) is 9.79. The minimum absolute atomic E-state index is 0.0267. The number of amides is 2. The van der Waals surface area contributed by atoms with Crippen molar-refractivity contribution in [2.75, 3.05) is 32.2 Å². The van der Waals surface area contributed by atoms with E-state index < -0.39 is 27.8 Å². The van der Waals surface area contributed by atoms with Crippen molar-refractivity contribution in [2.24, 2.45) is 0 Å². The number of rotatable bonds is 11. The summed E-state index contributed by atoms with van der Waals surface area (Å²) in [5, 5.41) is 5.02. The Balaban J connectivity index is 4.15. The van der Waals surface area contributed by atoms with Crippen LogP contribution in [-0.2, 0) is 18.7 Å². The highest BCUT2D eigenvalue weighted by atomic mass is 31.2. The van der Waals surface area contributed by atoms with Crippen LogP contribution in [0.5, 0.6) is 0 Å². The molecule has 0 aromatic carbocycles. The summed E-state index contributed by atoms with van der Waals surface area (Å²) in [4.78, 5) is 58.6. The zero-order chi connectivity index (χ0) is 18.1. The van der Waals surface area contributed by atoms with Gasteiger partial charge in [0.15, 0.2) is 0 Å². The van der Waals surface area contributed by atoms with Crippen LogP contribution in [-0.4, -0.2) is 68.5 Å². The van der Waals surface area contributed by atoms with Crippen LogP contribution < -0.4 is 10.6 Å². The molecule has 23 heavy (non-hydrogen) atoms. The van der Waals surface area contributed by atoms with E-state index in [-0.39, 0.29) is 44.3 Å². The van der Waals surface area contributed by atoms with Gasteiger partial charge in [-0.05, 0) is 13.0 Å². The molecule has 0 aliphatic rings. The molecule has 11 nitrogen and oxygen atoms in total. The predicted octanol–water partition coefficient (Wildman–Crippen LogP) is -1.41. The fraction of sp³-hybridized carbons (Fsp3) is 0.800. The molecular formula is C10H23N3O8P2. The Bertz CT molecular complexity index is 464. The fourth-order valence-electron chi connectivity index (χ4n) is 1.70. The monoisotopic (exact) mass is 375 g/mol. The number of hydrogen-bond donors (Lipinski definition) is 6. The molecule has 13 heteroatoms. The maximum Gasteiger partial charge on any atom is 0.339 e. The molecule has 6 N–H and O–H groups in total. The van der Waals surface area contributed by atoms with Crippen molar-refractivity contribution in [3.05, 3.63) is 0 Å². The van der Waals surface area contributed by atoms with Crippen LogP contribution in [0.4, 0.5) is 0 Å². The lowest BCUT2D eigenvalue weighted by molar-refractivity contribution is -0.122. The summed E-state index contributed by atoms with van der Waals surface area (Å²) in [5.41, 5.74) is 0. The van der Waals surface area contributed by atoms with Gasteiger partial charge in [-0.25, -0.2) is 0 Å². The summed E-state index contributed by atoms with van der Waals surface area (Å²) < 4.78 is 21.9. The van der Waals surface area contributed by atoms with Gasteiger partial charge in [-0.15, -0.1) is 0 Å². The van der Waals surface area contributed by atoms with Gasteiger partial charge in [0.1, 0.15) is 12.6 Å². The summed E-state index contributed by atoms with van der Waals surface area (Å²) in [7, 11) is -8.92. The van der Waals surface area contributed by atoms with Gasteiger partial charge in [0.05, 0.1) is 0 Å². The van der Waals surface area contributed by atoms with Crippen LogP contribution in [0.15, 0.2) is 0 Å². The summed E-state index contributed by atoms with van der Waals surface area (Å²) in [5.74, 6) is -0.549. The molecule has 0 aliphatic carbocycles. The van der Waals surface area contributed by atoms with E-state index in [0.29, 0.717) is 0 Å². The molecule has 136 valence electrons. The molecule has 0 unspecified atom stereocenters. The second-order valence-corrected chi connectivity index (χ2v) is 8.17. The molecule has 0 bridgehead atoms. The average molecular weight is 375 g/mol. The third-order valence-corrected chi connectivity index (χ3v) is 4.00. The Morgan fingerprint density at radius 2 is 1.43 bits per heavy atom. The van der Waals surface area contributed by atoms with Crippen molar-refractivity contribution >= 4 is 27.0 Å². The molecule has 0 aliphatic heterocycles. The number of nitrogens with one attached hydrogen (secondary N) is 2. The SMILES string of the molecule is CC(=O)NCCNC(=O)CCCN(CP(=O)(O)O)CP(=O)(O)O. The van der Waals surface area contributed by atoms with E-state index in [2.05, 4.69) is 10.6 Å². The van der Waals surface area contributed by atoms with E-state index in [1.54, 1.807) is 0 Å². The van der Waals surface area contributed by atoms with E-state index in [1.807, 2.05) is 0 Å². The van der Waals surface area contributed by atoms with E-state index in [0.717, 1.165) is 4.90 Å². The van der Waals surface area contributed by atoms with Gasteiger partial charge in [-0.3, -0.25) is 23.6 Å². The van der Waals surface area contributed by atoms with Crippen molar-refractivity contribution in [2.45, 2.75) is 19.8 Å². The first kappa shape index (κ1) is 22.2. The molecule has 0 spiro atoms. The predicted molar refractivity (Wildman–Crippen MR) is 81.5 cm³/mol. The molecule has 0 aromatic rings. The zero-order valence-electron chi connectivity index (χ0n) is 12.7. The summed E-state index contributed by atoms with van der Waals surface area (Å²) in [6.45, 7) is 1.82. The maximum atomic E-state index is 11.5.